The molecule has 1 aromatic carbocycles. The van der Waals surface area contributed by atoms with Crippen LogP contribution in [0.15, 0.2) is 18.2 Å². The summed E-state index contributed by atoms with van der Waals surface area (Å²) in [7, 11) is -3.38. The summed E-state index contributed by atoms with van der Waals surface area (Å²) in [4.78, 5) is 12.3. The van der Waals surface area contributed by atoms with Gasteiger partial charge in [0.1, 0.15) is 0 Å². The minimum atomic E-state index is -3.38. The molecule has 0 aromatic heterocycles. The summed E-state index contributed by atoms with van der Waals surface area (Å²) in [5.41, 5.74) is 0.867. The van der Waals surface area contributed by atoms with Gasteiger partial charge >= 0.3 is 0 Å². The van der Waals surface area contributed by atoms with Crippen LogP contribution in [0.4, 0.5) is 0 Å². The summed E-state index contributed by atoms with van der Waals surface area (Å²) in [5.74, 6) is -0.499. The van der Waals surface area contributed by atoms with Gasteiger partial charge in [-0.15, -0.1) is 0 Å². The molecule has 0 spiro atoms. The average molecular weight is 334 g/mol. The molecule has 7 heteroatoms. The van der Waals surface area contributed by atoms with Crippen LogP contribution in [0.5, 0.6) is 0 Å². The van der Waals surface area contributed by atoms with Crippen molar-refractivity contribution in [3.05, 3.63) is 33.8 Å². The maximum Gasteiger partial charge on any atom is 0.239 e. The smallest absolute Gasteiger partial charge is 0.239 e. The second-order valence-corrected chi connectivity index (χ2v) is 8.05. The van der Waals surface area contributed by atoms with Crippen molar-refractivity contribution >= 4 is 39.1 Å². The minimum absolute atomic E-state index is 0.00284. The minimum Gasteiger partial charge on any atom is -0.273 e. The molecule has 0 N–H and O–H groups in total. The number of carbonyl (C=O) groups is 1. The number of hydrogen-bond acceptors (Lipinski definition) is 3. The van der Waals surface area contributed by atoms with Gasteiger partial charge < -0.3 is 0 Å². The van der Waals surface area contributed by atoms with Crippen molar-refractivity contribution in [3.63, 3.8) is 0 Å². The van der Waals surface area contributed by atoms with Crippen LogP contribution in [0.3, 0.4) is 0 Å². The van der Waals surface area contributed by atoms with E-state index in [1.807, 2.05) is 0 Å². The third kappa shape index (κ3) is 2.43. The molecule has 0 bridgehead atoms. The van der Waals surface area contributed by atoms with Gasteiger partial charge in [0, 0.05) is 22.5 Å². The monoisotopic (exact) mass is 333 g/mol. The van der Waals surface area contributed by atoms with E-state index in [9.17, 15) is 13.2 Å². The van der Waals surface area contributed by atoms with E-state index in [-0.39, 0.29) is 23.5 Å². The topological polar surface area (TPSA) is 54.5 Å². The predicted octanol–water partition coefficient (Wildman–Crippen LogP) is 2.66. The van der Waals surface area contributed by atoms with E-state index in [1.165, 1.54) is 0 Å². The Hall–Kier alpha value is -0.780. The van der Waals surface area contributed by atoms with Crippen LogP contribution in [0.2, 0.25) is 10.0 Å². The van der Waals surface area contributed by atoms with E-state index in [2.05, 4.69) is 0 Å². The molecule has 2 unspecified atom stereocenters. The first-order valence-electron chi connectivity index (χ1n) is 6.39. The number of rotatable bonds is 2. The molecular weight excluding hydrogens is 321 g/mol. The van der Waals surface area contributed by atoms with E-state index < -0.39 is 10.0 Å². The van der Waals surface area contributed by atoms with E-state index in [4.69, 9.17) is 23.2 Å². The van der Waals surface area contributed by atoms with Crippen LogP contribution < -0.4 is 0 Å². The molecular formula is C13H13Cl2NO3S. The average Bonchev–Trinajstić information content (AvgIpc) is 3.06. The van der Waals surface area contributed by atoms with Gasteiger partial charge in [0.05, 0.1) is 5.75 Å². The van der Waals surface area contributed by atoms with Crippen LogP contribution in [-0.4, -0.2) is 30.9 Å². The largest absolute Gasteiger partial charge is 0.273 e. The van der Waals surface area contributed by atoms with Crippen molar-refractivity contribution in [3.8, 4) is 0 Å². The van der Waals surface area contributed by atoms with Crippen molar-refractivity contribution < 1.29 is 13.2 Å². The summed E-state index contributed by atoms with van der Waals surface area (Å²) in [6.45, 7) is 0.304. The highest BCUT2D eigenvalue weighted by Crippen LogP contribution is 2.51. The van der Waals surface area contributed by atoms with Crippen molar-refractivity contribution in [1.29, 1.82) is 0 Å². The Labute approximate surface area is 127 Å². The van der Waals surface area contributed by atoms with Gasteiger partial charge in [-0.1, -0.05) is 29.3 Å². The number of nitrogens with zero attached hydrogens (tertiary/aromatic N) is 1. The number of sulfonamides is 1. The van der Waals surface area contributed by atoms with E-state index in [1.54, 1.807) is 18.2 Å². The fraction of sp³-hybridized carbons (Fsp3) is 0.462. The number of carbonyl (C=O) groups excluding carboxylic acids is 1. The molecule has 20 heavy (non-hydrogen) atoms. The molecule has 4 nitrogen and oxygen atoms in total. The zero-order chi connectivity index (χ0) is 14.5. The third-order valence-corrected chi connectivity index (χ3v) is 6.22. The van der Waals surface area contributed by atoms with Crippen LogP contribution in [0, 0.1) is 5.92 Å². The lowest BCUT2D eigenvalue weighted by Crippen LogP contribution is -2.34. The second kappa shape index (κ2) is 4.90. The first kappa shape index (κ1) is 14.2. The number of benzene rings is 1. The molecule has 1 saturated heterocycles. The highest BCUT2D eigenvalue weighted by Gasteiger charge is 2.49. The normalized spacial score (nSPS) is 27.6. The maximum atomic E-state index is 12.3. The lowest BCUT2D eigenvalue weighted by molar-refractivity contribution is -0.127. The standard InChI is InChI=1S/C13H13Cl2NO3S/c14-8-2-3-9(12(15)6-8)10-7-11(10)13(17)16-4-1-5-20(16,18)19/h2-3,6,10-11H,1,4-5,7H2. The van der Waals surface area contributed by atoms with Gasteiger partial charge in [-0.3, -0.25) is 4.79 Å². The van der Waals surface area contributed by atoms with Gasteiger partial charge in [-0.05, 0) is 36.5 Å². The Bertz CT molecular complexity index is 674. The fourth-order valence-electron chi connectivity index (χ4n) is 2.69. The quantitative estimate of drug-likeness (QED) is 0.836. The summed E-state index contributed by atoms with van der Waals surface area (Å²) in [5, 5.41) is 1.08. The molecule has 1 aliphatic carbocycles. The zero-order valence-electron chi connectivity index (χ0n) is 10.6. The van der Waals surface area contributed by atoms with E-state index in [0.717, 1.165) is 9.87 Å². The first-order valence-corrected chi connectivity index (χ1v) is 8.76. The summed E-state index contributed by atoms with van der Waals surface area (Å²) in [6, 6.07) is 5.18. The van der Waals surface area contributed by atoms with Gasteiger partial charge in [-0.25, -0.2) is 12.7 Å². The van der Waals surface area contributed by atoms with Crippen molar-refractivity contribution in [2.75, 3.05) is 12.3 Å². The lowest BCUT2D eigenvalue weighted by Gasteiger charge is -2.14. The Morgan fingerprint density at radius 1 is 1.30 bits per heavy atom. The summed E-state index contributed by atoms with van der Waals surface area (Å²) < 4.78 is 24.5. The maximum absolute atomic E-state index is 12.3. The highest BCUT2D eigenvalue weighted by molar-refractivity contribution is 7.89. The Morgan fingerprint density at radius 2 is 2.05 bits per heavy atom. The number of amides is 1. The molecule has 1 aliphatic heterocycles. The van der Waals surface area contributed by atoms with Crippen molar-refractivity contribution in [1.82, 2.24) is 4.31 Å². The summed E-state index contributed by atoms with van der Waals surface area (Å²) >= 11 is 12.0. The van der Waals surface area contributed by atoms with Crippen LogP contribution in [0.25, 0.3) is 0 Å². The van der Waals surface area contributed by atoms with Crippen molar-refractivity contribution in [2.45, 2.75) is 18.8 Å². The van der Waals surface area contributed by atoms with E-state index in [0.29, 0.717) is 29.4 Å². The van der Waals surface area contributed by atoms with Gasteiger partial charge in [0.25, 0.3) is 0 Å². The van der Waals surface area contributed by atoms with Gasteiger partial charge in [-0.2, -0.15) is 0 Å². The van der Waals surface area contributed by atoms with Crippen LogP contribution in [-0.2, 0) is 14.8 Å². The molecule has 0 radical (unpaired) electrons. The van der Waals surface area contributed by atoms with Crippen LogP contribution >= 0.6 is 23.2 Å². The molecule has 108 valence electrons. The fourth-order valence-corrected chi connectivity index (χ4v) is 4.77. The number of hydrogen-bond donors (Lipinski definition) is 0. The Balaban J connectivity index is 1.77. The molecule has 1 saturated carbocycles. The molecule has 2 aliphatic rings. The van der Waals surface area contributed by atoms with E-state index >= 15 is 0 Å². The predicted molar refractivity (Wildman–Crippen MR) is 77.4 cm³/mol. The Kier molecular flexibility index (Phi) is 3.47. The third-order valence-electron chi connectivity index (χ3n) is 3.81. The molecule has 1 heterocycles. The van der Waals surface area contributed by atoms with Crippen LogP contribution in [0.1, 0.15) is 24.3 Å². The first-order chi connectivity index (χ1) is 9.40. The lowest BCUT2D eigenvalue weighted by atomic mass is 10.1. The molecule has 2 atom stereocenters. The SMILES string of the molecule is O=C(C1CC1c1ccc(Cl)cc1Cl)N1CCCS1(=O)=O. The molecule has 3 rings (SSSR count). The molecule has 1 amide bonds. The summed E-state index contributed by atoms with van der Waals surface area (Å²) in [6.07, 6.45) is 1.17. The van der Waals surface area contributed by atoms with Gasteiger partial charge in [0.2, 0.25) is 15.9 Å². The highest BCUT2D eigenvalue weighted by atomic mass is 35.5. The molecule has 2 fully saturated rings. The number of halogens is 2. The van der Waals surface area contributed by atoms with Crippen molar-refractivity contribution in [2.24, 2.45) is 5.92 Å². The zero-order valence-corrected chi connectivity index (χ0v) is 12.9. The molecule has 1 aromatic rings. The van der Waals surface area contributed by atoms with Gasteiger partial charge in [0.15, 0.2) is 0 Å². The Morgan fingerprint density at radius 3 is 2.65 bits per heavy atom. The second-order valence-electron chi connectivity index (χ2n) is 5.19.